The second-order valence-electron chi connectivity index (χ2n) is 9.00. The Bertz CT molecular complexity index is 1160. The number of fused-ring (bicyclic) bond motifs is 1. The van der Waals surface area contributed by atoms with E-state index in [4.69, 9.17) is 4.74 Å². The minimum atomic E-state index is -0.932. The van der Waals surface area contributed by atoms with Gasteiger partial charge in [0.2, 0.25) is 0 Å². The minimum absolute atomic E-state index is 0.0271. The van der Waals surface area contributed by atoms with Gasteiger partial charge in [0.15, 0.2) is 0 Å². The van der Waals surface area contributed by atoms with Crippen molar-refractivity contribution in [3.05, 3.63) is 102 Å². The fourth-order valence-corrected chi connectivity index (χ4v) is 4.09. The number of anilines is 1. The first kappa shape index (κ1) is 23.4. The number of para-hydroxylation sites is 1. The molecule has 6 heteroatoms. The van der Waals surface area contributed by atoms with E-state index in [-0.39, 0.29) is 24.3 Å². The number of ether oxygens (including phenoxy) is 1. The maximum atomic E-state index is 13.4. The zero-order valence-electron chi connectivity index (χ0n) is 19.6. The van der Waals surface area contributed by atoms with Crippen LogP contribution >= 0.6 is 0 Å². The standard InChI is InChI=1S/C28H28N2O4/c1-20(25(31)29(22-14-8-5-9-15-22)18-21-12-6-4-7-13-21)34-19-28(2,3)30-26(32)23-16-10-11-17-24(23)27(30)33/h4-17,20H,18-19H2,1-3H3. The van der Waals surface area contributed by atoms with E-state index < -0.39 is 11.6 Å². The molecule has 4 rings (SSSR count). The van der Waals surface area contributed by atoms with Gasteiger partial charge in [0.25, 0.3) is 17.7 Å². The molecule has 3 aromatic rings. The molecule has 0 N–H and O–H groups in total. The summed E-state index contributed by atoms with van der Waals surface area (Å²) in [6.07, 6.45) is -0.779. The van der Waals surface area contributed by atoms with Crippen LogP contribution in [0.4, 0.5) is 5.69 Å². The molecule has 1 aliphatic rings. The highest BCUT2D eigenvalue weighted by Crippen LogP contribution is 2.30. The van der Waals surface area contributed by atoms with E-state index in [1.807, 2.05) is 60.7 Å². The van der Waals surface area contributed by atoms with Crippen molar-refractivity contribution in [2.75, 3.05) is 11.5 Å². The van der Waals surface area contributed by atoms with Gasteiger partial charge in [-0.05, 0) is 50.6 Å². The zero-order chi connectivity index (χ0) is 24.3. The van der Waals surface area contributed by atoms with Gasteiger partial charge < -0.3 is 9.64 Å². The van der Waals surface area contributed by atoms with E-state index >= 15 is 0 Å². The van der Waals surface area contributed by atoms with E-state index in [9.17, 15) is 14.4 Å². The molecular formula is C28H28N2O4. The van der Waals surface area contributed by atoms with Crippen LogP contribution in [0.1, 0.15) is 47.1 Å². The van der Waals surface area contributed by atoms with Crippen LogP contribution < -0.4 is 4.90 Å². The predicted octanol–water partition coefficient (Wildman–Crippen LogP) is 4.70. The molecule has 0 saturated carbocycles. The van der Waals surface area contributed by atoms with Crippen LogP contribution in [0.25, 0.3) is 0 Å². The van der Waals surface area contributed by atoms with Gasteiger partial charge in [-0.3, -0.25) is 19.3 Å². The lowest BCUT2D eigenvalue weighted by molar-refractivity contribution is -0.130. The summed E-state index contributed by atoms with van der Waals surface area (Å²) in [6, 6.07) is 26.0. The maximum Gasteiger partial charge on any atom is 0.262 e. The third-order valence-electron chi connectivity index (χ3n) is 5.95. The first-order valence-electron chi connectivity index (χ1n) is 11.3. The molecule has 0 radical (unpaired) electrons. The summed E-state index contributed by atoms with van der Waals surface area (Å²) in [5.41, 5.74) is 1.62. The number of hydrogen-bond acceptors (Lipinski definition) is 4. The molecule has 0 saturated heterocycles. The fraction of sp³-hybridized carbons (Fsp3) is 0.250. The van der Waals surface area contributed by atoms with Crippen molar-refractivity contribution in [3.63, 3.8) is 0 Å². The van der Waals surface area contributed by atoms with Gasteiger partial charge in [0, 0.05) is 5.69 Å². The molecule has 0 bridgehead atoms. The van der Waals surface area contributed by atoms with Gasteiger partial charge in [-0.1, -0.05) is 60.7 Å². The number of hydrogen-bond donors (Lipinski definition) is 0. The monoisotopic (exact) mass is 456 g/mol. The second kappa shape index (κ2) is 9.61. The summed E-state index contributed by atoms with van der Waals surface area (Å²) in [5, 5.41) is 0. The summed E-state index contributed by atoms with van der Waals surface area (Å²) in [5.74, 6) is -0.889. The molecule has 1 unspecified atom stereocenters. The molecule has 0 aromatic heterocycles. The molecule has 0 fully saturated rings. The summed E-state index contributed by atoms with van der Waals surface area (Å²) >= 11 is 0. The van der Waals surface area contributed by atoms with Gasteiger partial charge in [-0.15, -0.1) is 0 Å². The van der Waals surface area contributed by atoms with Crippen LogP contribution in [0.5, 0.6) is 0 Å². The average molecular weight is 457 g/mol. The molecule has 0 spiro atoms. The summed E-state index contributed by atoms with van der Waals surface area (Å²) in [6.45, 7) is 5.66. The Morgan fingerprint density at radius 3 is 1.91 bits per heavy atom. The van der Waals surface area contributed by atoms with Crippen LogP contribution in [-0.4, -0.2) is 40.9 Å². The molecular weight excluding hydrogens is 428 g/mol. The molecule has 3 aromatic carbocycles. The Hall–Kier alpha value is -3.77. The highest BCUT2D eigenvalue weighted by Gasteiger charge is 2.44. The lowest BCUT2D eigenvalue weighted by atomic mass is 10.0. The van der Waals surface area contributed by atoms with Gasteiger partial charge in [0.1, 0.15) is 6.10 Å². The Labute approximate surface area is 199 Å². The molecule has 174 valence electrons. The molecule has 1 aliphatic heterocycles. The van der Waals surface area contributed by atoms with Crippen LogP contribution in [0, 0.1) is 0 Å². The molecule has 1 heterocycles. The van der Waals surface area contributed by atoms with Crippen molar-refractivity contribution in [3.8, 4) is 0 Å². The number of carbonyl (C=O) groups is 3. The third kappa shape index (κ3) is 4.63. The van der Waals surface area contributed by atoms with Crippen molar-refractivity contribution < 1.29 is 19.1 Å². The number of rotatable bonds is 8. The smallest absolute Gasteiger partial charge is 0.262 e. The van der Waals surface area contributed by atoms with Gasteiger partial charge in [0.05, 0.1) is 29.8 Å². The van der Waals surface area contributed by atoms with E-state index in [2.05, 4.69) is 0 Å². The lowest BCUT2D eigenvalue weighted by Crippen LogP contribution is -2.52. The maximum absolute atomic E-state index is 13.4. The van der Waals surface area contributed by atoms with Crippen LogP contribution in [0.15, 0.2) is 84.9 Å². The fourth-order valence-electron chi connectivity index (χ4n) is 4.09. The molecule has 34 heavy (non-hydrogen) atoms. The van der Waals surface area contributed by atoms with Crippen molar-refractivity contribution in [2.45, 2.75) is 39.0 Å². The summed E-state index contributed by atoms with van der Waals surface area (Å²) in [7, 11) is 0. The van der Waals surface area contributed by atoms with Crippen LogP contribution in [-0.2, 0) is 16.1 Å². The average Bonchev–Trinajstić information content (AvgIpc) is 3.12. The number of benzene rings is 3. The number of imide groups is 1. The van der Waals surface area contributed by atoms with Crippen molar-refractivity contribution in [1.82, 2.24) is 4.90 Å². The van der Waals surface area contributed by atoms with Gasteiger partial charge >= 0.3 is 0 Å². The van der Waals surface area contributed by atoms with E-state index in [1.165, 1.54) is 4.90 Å². The number of nitrogens with zero attached hydrogens (tertiary/aromatic N) is 2. The molecule has 3 amide bonds. The van der Waals surface area contributed by atoms with Gasteiger partial charge in [-0.25, -0.2) is 0 Å². The Kier molecular flexibility index (Phi) is 6.61. The Morgan fingerprint density at radius 1 is 0.853 bits per heavy atom. The first-order valence-corrected chi connectivity index (χ1v) is 11.3. The molecule has 6 nitrogen and oxygen atoms in total. The highest BCUT2D eigenvalue weighted by atomic mass is 16.5. The van der Waals surface area contributed by atoms with Crippen LogP contribution in [0.3, 0.4) is 0 Å². The number of amides is 3. The zero-order valence-corrected chi connectivity index (χ0v) is 19.6. The normalized spacial score (nSPS) is 14.1. The predicted molar refractivity (Wildman–Crippen MR) is 131 cm³/mol. The van der Waals surface area contributed by atoms with E-state index in [0.29, 0.717) is 17.7 Å². The quantitative estimate of drug-likeness (QED) is 0.461. The van der Waals surface area contributed by atoms with Crippen molar-refractivity contribution in [1.29, 1.82) is 0 Å². The summed E-state index contributed by atoms with van der Waals surface area (Å²) in [4.78, 5) is 42.2. The van der Waals surface area contributed by atoms with E-state index in [1.54, 1.807) is 49.9 Å². The summed E-state index contributed by atoms with van der Waals surface area (Å²) < 4.78 is 5.98. The topological polar surface area (TPSA) is 66.9 Å². The SMILES string of the molecule is CC(OCC(C)(C)N1C(=O)c2ccccc2C1=O)C(=O)N(Cc1ccccc1)c1ccccc1. The highest BCUT2D eigenvalue weighted by molar-refractivity contribution is 6.21. The number of carbonyl (C=O) groups excluding carboxylic acids is 3. The largest absolute Gasteiger partial charge is 0.366 e. The van der Waals surface area contributed by atoms with Crippen LogP contribution in [0.2, 0.25) is 0 Å². The van der Waals surface area contributed by atoms with E-state index in [0.717, 1.165) is 11.3 Å². The first-order chi connectivity index (χ1) is 16.3. The Balaban J connectivity index is 1.48. The second-order valence-corrected chi connectivity index (χ2v) is 9.00. The van der Waals surface area contributed by atoms with Crippen molar-refractivity contribution >= 4 is 23.4 Å². The lowest BCUT2D eigenvalue weighted by Gasteiger charge is -2.35. The van der Waals surface area contributed by atoms with Gasteiger partial charge in [-0.2, -0.15) is 0 Å². The molecule has 0 aliphatic carbocycles. The van der Waals surface area contributed by atoms with Crippen molar-refractivity contribution in [2.24, 2.45) is 0 Å². The third-order valence-corrected chi connectivity index (χ3v) is 5.95. The minimum Gasteiger partial charge on any atom is -0.366 e. The molecule has 1 atom stereocenters. The Morgan fingerprint density at radius 2 is 1.35 bits per heavy atom.